The first-order valence-corrected chi connectivity index (χ1v) is 6.53. The van der Waals surface area contributed by atoms with Crippen molar-refractivity contribution in [3.05, 3.63) is 29.3 Å². The molecule has 1 unspecified atom stereocenters. The molecule has 0 aromatic heterocycles. The molecule has 0 saturated heterocycles. The van der Waals surface area contributed by atoms with Gasteiger partial charge in [0.1, 0.15) is 0 Å². The van der Waals surface area contributed by atoms with Crippen molar-refractivity contribution in [3.63, 3.8) is 0 Å². The van der Waals surface area contributed by atoms with Crippen LogP contribution in [0.4, 0.5) is 5.69 Å². The fraction of sp³-hybridized carbons (Fsp3) is 0.533. The van der Waals surface area contributed by atoms with Crippen LogP contribution in [-0.2, 0) is 16.6 Å². The lowest BCUT2D eigenvalue weighted by atomic mass is 9.86. The minimum atomic E-state index is -0.0799. The van der Waals surface area contributed by atoms with Crippen LogP contribution in [0.5, 0.6) is 0 Å². The molecule has 1 aromatic rings. The van der Waals surface area contributed by atoms with Gasteiger partial charge in [0.25, 0.3) is 0 Å². The molecule has 3 heteroatoms. The summed E-state index contributed by atoms with van der Waals surface area (Å²) in [5.74, 6) is 0.0962. The van der Waals surface area contributed by atoms with Crippen molar-refractivity contribution in [1.29, 1.82) is 0 Å². The molecule has 1 aliphatic carbocycles. The number of benzene rings is 1. The molecule has 96 valence electrons. The molecular formula is C15H19NO2. The average Bonchev–Trinajstić information content (AvgIpc) is 2.92. The topological polar surface area (TPSA) is 49.3 Å². The van der Waals surface area contributed by atoms with Gasteiger partial charge in [0, 0.05) is 17.5 Å². The molecule has 1 atom stereocenters. The normalized spacial score (nSPS) is 28.5. The first-order chi connectivity index (χ1) is 8.48. The molecular weight excluding hydrogens is 226 g/mol. The van der Waals surface area contributed by atoms with E-state index in [0.29, 0.717) is 6.42 Å². The van der Waals surface area contributed by atoms with Gasteiger partial charge in [-0.2, -0.15) is 0 Å². The Labute approximate surface area is 107 Å². The van der Waals surface area contributed by atoms with E-state index in [0.717, 1.165) is 18.5 Å². The maximum Gasteiger partial charge on any atom is 0.224 e. The molecule has 0 spiro atoms. The van der Waals surface area contributed by atoms with E-state index in [1.165, 1.54) is 11.1 Å². The predicted molar refractivity (Wildman–Crippen MR) is 70.6 cm³/mol. The molecule has 2 aliphatic rings. The Bertz CT molecular complexity index is 521. The highest BCUT2D eigenvalue weighted by atomic mass is 16.3. The summed E-state index contributed by atoms with van der Waals surface area (Å²) in [6, 6.07) is 6.20. The van der Waals surface area contributed by atoms with E-state index in [-0.39, 0.29) is 23.3 Å². The van der Waals surface area contributed by atoms with E-state index in [2.05, 4.69) is 31.3 Å². The van der Waals surface area contributed by atoms with E-state index in [9.17, 15) is 9.90 Å². The van der Waals surface area contributed by atoms with Gasteiger partial charge in [-0.15, -0.1) is 0 Å². The third kappa shape index (κ3) is 1.50. The lowest BCUT2D eigenvalue weighted by molar-refractivity contribution is -0.116. The van der Waals surface area contributed by atoms with Crippen molar-refractivity contribution in [2.45, 2.75) is 38.5 Å². The van der Waals surface area contributed by atoms with Gasteiger partial charge in [0.05, 0.1) is 6.61 Å². The second kappa shape index (κ2) is 3.58. The number of nitrogens with one attached hydrogen (secondary N) is 1. The van der Waals surface area contributed by atoms with Crippen LogP contribution >= 0.6 is 0 Å². The number of carbonyl (C=O) groups excluding carboxylic acids is 1. The summed E-state index contributed by atoms with van der Waals surface area (Å²) in [5.41, 5.74) is 3.44. The number of fused-ring (bicyclic) bond motifs is 1. The molecule has 1 aliphatic heterocycles. The van der Waals surface area contributed by atoms with Crippen molar-refractivity contribution < 1.29 is 9.90 Å². The third-order valence-corrected chi connectivity index (χ3v) is 4.74. The lowest BCUT2D eigenvalue weighted by Gasteiger charge is -2.22. The number of aliphatic hydroxyl groups excluding tert-OH is 1. The Kier molecular flexibility index (Phi) is 2.33. The van der Waals surface area contributed by atoms with E-state index in [1.807, 2.05) is 6.07 Å². The maximum absolute atomic E-state index is 11.3. The van der Waals surface area contributed by atoms with Crippen LogP contribution in [0.25, 0.3) is 0 Å². The molecule has 1 heterocycles. The Morgan fingerprint density at radius 3 is 2.67 bits per heavy atom. The van der Waals surface area contributed by atoms with Crippen molar-refractivity contribution >= 4 is 11.6 Å². The van der Waals surface area contributed by atoms with Crippen LogP contribution < -0.4 is 5.32 Å². The smallest absolute Gasteiger partial charge is 0.224 e. The van der Waals surface area contributed by atoms with Gasteiger partial charge in [-0.25, -0.2) is 0 Å². The minimum absolute atomic E-state index is 0.0799. The zero-order chi connectivity index (χ0) is 13.0. The second-order valence-corrected chi connectivity index (χ2v) is 6.22. The van der Waals surface area contributed by atoms with E-state index in [4.69, 9.17) is 0 Å². The van der Waals surface area contributed by atoms with Gasteiger partial charge >= 0.3 is 0 Å². The Morgan fingerprint density at radius 2 is 2.06 bits per heavy atom. The summed E-state index contributed by atoms with van der Waals surface area (Å²) in [6.45, 7) is 4.60. The summed E-state index contributed by atoms with van der Waals surface area (Å²) in [4.78, 5) is 11.3. The molecule has 1 fully saturated rings. The van der Waals surface area contributed by atoms with Gasteiger partial charge in [-0.05, 0) is 35.4 Å². The highest BCUT2D eigenvalue weighted by Gasteiger charge is 2.61. The molecule has 2 N–H and O–H groups in total. The molecule has 1 aromatic carbocycles. The molecule has 1 saturated carbocycles. The SMILES string of the molecule is CC1(C)CC1(CO)c1ccc2c(c1)CCC(=O)N2. The number of anilines is 1. The van der Waals surface area contributed by atoms with Gasteiger partial charge < -0.3 is 10.4 Å². The lowest BCUT2D eigenvalue weighted by Crippen LogP contribution is -2.22. The van der Waals surface area contributed by atoms with Crippen LogP contribution in [0.1, 0.15) is 37.8 Å². The Morgan fingerprint density at radius 1 is 1.33 bits per heavy atom. The average molecular weight is 245 g/mol. The summed E-state index contributed by atoms with van der Waals surface area (Å²) in [6.07, 6.45) is 2.39. The number of rotatable bonds is 2. The first kappa shape index (κ1) is 11.7. The van der Waals surface area contributed by atoms with Crippen molar-refractivity contribution in [2.75, 3.05) is 11.9 Å². The molecule has 3 nitrogen and oxygen atoms in total. The maximum atomic E-state index is 11.3. The van der Waals surface area contributed by atoms with Crippen LogP contribution in [0, 0.1) is 5.41 Å². The van der Waals surface area contributed by atoms with Gasteiger partial charge in [-0.3, -0.25) is 4.79 Å². The number of aryl methyl sites for hydroxylation is 1. The minimum Gasteiger partial charge on any atom is -0.395 e. The summed E-state index contributed by atoms with van der Waals surface area (Å²) < 4.78 is 0. The fourth-order valence-corrected chi connectivity index (χ4v) is 3.25. The quantitative estimate of drug-likeness (QED) is 0.839. The van der Waals surface area contributed by atoms with E-state index >= 15 is 0 Å². The van der Waals surface area contributed by atoms with E-state index < -0.39 is 0 Å². The number of carbonyl (C=O) groups is 1. The fourth-order valence-electron chi connectivity index (χ4n) is 3.25. The van der Waals surface area contributed by atoms with Crippen LogP contribution in [0.3, 0.4) is 0 Å². The highest BCUT2D eigenvalue weighted by molar-refractivity contribution is 5.93. The highest BCUT2D eigenvalue weighted by Crippen LogP contribution is 2.64. The summed E-state index contributed by atoms with van der Waals surface area (Å²) >= 11 is 0. The van der Waals surface area contributed by atoms with Crippen molar-refractivity contribution in [2.24, 2.45) is 5.41 Å². The number of hydrogen-bond acceptors (Lipinski definition) is 2. The van der Waals surface area contributed by atoms with E-state index in [1.54, 1.807) is 0 Å². The number of amides is 1. The van der Waals surface area contributed by atoms with Gasteiger partial charge in [-0.1, -0.05) is 26.0 Å². The summed E-state index contributed by atoms with van der Waals surface area (Å²) in [5, 5.41) is 12.6. The number of aliphatic hydroxyl groups is 1. The molecule has 0 radical (unpaired) electrons. The largest absolute Gasteiger partial charge is 0.395 e. The molecule has 0 bridgehead atoms. The predicted octanol–water partition coefficient (Wildman–Crippen LogP) is 2.23. The number of hydrogen-bond donors (Lipinski definition) is 2. The monoisotopic (exact) mass is 245 g/mol. The molecule has 3 rings (SSSR count). The Hall–Kier alpha value is -1.35. The Balaban J connectivity index is 1.99. The van der Waals surface area contributed by atoms with Gasteiger partial charge in [0.15, 0.2) is 0 Å². The van der Waals surface area contributed by atoms with Crippen LogP contribution in [-0.4, -0.2) is 17.6 Å². The molecule has 1 amide bonds. The zero-order valence-electron chi connectivity index (χ0n) is 10.9. The van der Waals surface area contributed by atoms with Crippen LogP contribution in [0.2, 0.25) is 0 Å². The zero-order valence-corrected chi connectivity index (χ0v) is 10.9. The first-order valence-electron chi connectivity index (χ1n) is 6.53. The van der Waals surface area contributed by atoms with Gasteiger partial charge in [0.2, 0.25) is 5.91 Å². The summed E-state index contributed by atoms with van der Waals surface area (Å²) in [7, 11) is 0. The van der Waals surface area contributed by atoms with Crippen molar-refractivity contribution in [3.8, 4) is 0 Å². The standard InChI is InChI=1S/C15H19NO2/c1-14(2)8-15(14,9-17)11-4-5-12-10(7-11)3-6-13(18)16-12/h4-5,7,17H,3,6,8-9H2,1-2H3,(H,16,18). The van der Waals surface area contributed by atoms with Crippen LogP contribution in [0.15, 0.2) is 18.2 Å². The third-order valence-electron chi connectivity index (χ3n) is 4.74. The molecule has 18 heavy (non-hydrogen) atoms. The second-order valence-electron chi connectivity index (χ2n) is 6.22. The van der Waals surface area contributed by atoms with Crippen molar-refractivity contribution in [1.82, 2.24) is 0 Å².